The Morgan fingerprint density at radius 3 is 2.34 bits per heavy atom. The van der Waals surface area contributed by atoms with Crippen LogP contribution in [0.1, 0.15) is 90.1 Å². The van der Waals surface area contributed by atoms with E-state index in [4.69, 9.17) is 0 Å². The molecule has 4 fully saturated rings. The quantitative estimate of drug-likeness (QED) is 0.254. The normalized spacial score (nSPS) is 24.4. The molecule has 286 valence electrons. The molecule has 3 saturated heterocycles. The Hall–Kier alpha value is -5.87. The van der Waals surface area contributed by atoms with Gasteiger partial charge in [-0.05, 0) is 113 Å². The summed E-state index contributed by atoms with van der Waals surface area (Å²) in [7, 11) is 0. The number of carbonyl (C=O) groups excluding carboxylic acids is 5. The summed E-state index contributed by atoms with van der Waals surface area (Å²) >= 11 is 0. The molecule has 5 heterocycles. The Kier molecular flexibility index (Phi) is 8.76. The van der Waals surface area contributed by atoms with Crippen molar-refractivity contribution in [3.63, 3.8) is 0 Å². The maximum atomic E-state index is 13.7. The Balaban J connectivity index is 0.786. The number of nitrogens with zero attached hydrogens (tertiary/aromatic N) is 6. The lowest BCUT2D eigenvalue weighted by molar-refractivity contribution is -0.136. The summed E-state index contributed by atoms with van der Waals surface area (Å²) in [6.07, 6.45) is 8.51. The molecular weight excluding hydrogens is 709 g/mol. The molecule has 13 heteroatoms. The summed E-state index contributed by atoms with van der Waals surface area (Å²) in [6.45, 7) is 7.58. The Morgan fingerprint density at radius 1 is 0.911 bits per heavy atom. The van der Waals surface area contributed by atoms with Gasteiger partial charge in [-0.15, -0.1) is 0 Å². The van der Waals surface area contributed by atoms with E-state index in [1.165, 1.54) is 0 Å². The van der Waals surface area contributed by atoms with Crippen molar-refractivity contribution in [3.05, 3.63) is 89.2 Å². The van der Waals surface area contributed by atoms with Gasteiger partial charge < -0.3 is 15.1 Å². The van der Waals surface area contributed by atoms with E-state index >= 15 is 0 Å². The van der Waals surface area contributed by atoms with E-state index in [1.54, 1.807) is 28.9 Å². The van der Waals surface area contributed by atoms with Crippen molar-refractivity contribution in [1.29, 1.82) is 5.26 Å². The van der Waals surface area contributed by atoms with Crippen molar-refractivity contribution < 1.29 is 24.0 Å². The first-order valence-corrected chi connectivity index (χ1v) is 19.6. The molecule has 3 aromatic carbocycles. The third kappa shape index (κ3) is 6.03. The number of fused-ring (bicyclic) bond motifs is 3. The number of benzene rings is 3. The zero-order valence-corrected chi connectivity index (χ0v) is 31.5. The molecule has 56 heavy (non-hydrogen) atoms. The molecule has 5 amide bonds. The van der Waals surface area contributed by atoms with Gasteiger partial charge in [0.1, 0.15) is 11.6 Å². The van der Waals surface area contributed by atoms with Crippen molar-refractivity contribution in [2.75, 3.05) is 36.4 Å². The van der Waals surface area contributed by atoms with Crippen LogP contribution in [0.5, 0.6) is 0 Å². The number of hydrogen-bond donors (Lipinski definition) is 2. The number of piperidine rings is 2. The number of imide groups is 2. The number of amides is 5. The van der Waals surface area contributed by atoms with Gasteiger partial charge >= 0.3 is 0 Å². The van der Waals surface area contributed by atoms with Gasteiger partial charge in [0.2, 0.25) is 11.8 Å². The van der Waals surface area contributed by atoms with Crippen LogP contribution in [0, 0.1) is 23.2 Å². The van der Waals surface area contributed by atoms with Crippen LogP contribution < -0.4 is 15.5 Å². The molecule has 2 N–H and O–H groups in total. The average Bonchev–Trinajstić information content (AvgIpc) is 3.99. The van der Waals surface area contributed by atoms with Crippen LogP contribution in [0.4, 0.5) is 11.4 Å². The first-order valence-electron chi connectivity index (χ1n) is 19.6. The lowest BCUT2D eigenvalue weighted by atomic mass is 9.90. The number of nitrogens with one attached hydrogen (secondary N) is 2. The number of anilines is 2. The van der Waals surface area contributed by atoms with Crippen LogP contribution in [0.15, 0.2) is 67.0 Å². The monoisotopic (exact) mass is 752 g/mol. The molecule has 4 aliphatic heterocycles. The summed E-state index contributed by atoms with van der Waals surface area (Å²) in [5.74, 6) is -0.646. The van der Waals surface area contributed by atoms with Gasteiger partial charge in [0.25, 0.3) is 17.7 Å². The van der Waals surface area contributed by atoms with Gasteiger partial charge in [-0.3, -0.25) is 38.9 Å². The van der Waals surface area contributed by atoms with Crippen molar-refractivity contribution in [1.82, 2.24) is 24.9 Å². The molecule has 0 spiro atoms. The summed E-state index contributed by atoms with van der Waals surface area (Å²) in [6, 6.07) is 18.3. The van der Waals surface area contributed by atoms with Gasteiger partial charge in [-0.25, -0.2) is 0 Å². The molecule has 9 rings (SSSR count). The minimum atomic E-state index is -0.969. The fourth-order valence-electron chi connectivity index (χ4n) is 9.77. The van der Waals surface area contributed by atoms with Crippen LogP contribution in [0.3, 0.4) is 0 Å². The molecule has 1 saturated carbocycles. The predicted molar refractivity (Wildman–Crippen MR) is 208 cm³/mol. The Labute approximate surface area is 324 Å². The molecule has 4 aromatic rings. The molecular formula is C43H44N8O5. The minimum Gasteiger partial charge on any atom is -0.371 e. The van der Waals surface area contributed by atoms with Crippen LogP contribution in [0.2, 0.25) is 0 Å². The van der Waals surface area contributed by atoms with E-state index in [9.17, 15) is 29.2 Å². The molecule has 2 unspecified atom stereocenters. The second kappa shape index (κ2) is 13.7. The second-order valence-electron chi connectivity index (χ2n) is 16.6. The highest BCUT2D eigenvalue weighted by Crippen LogP contribution is 2.44. The van der Waals surface area contributed by atoms with E-state index in [1.807, 2.05) is 56.6 Å². The molecule has 5 aliphatic rings. The number of rotatable bonds is 7. The minimum absolute atomic E-state index is 0.0952. The van der Waals surface area contributed by atoms with Gasteiger partial charge in [0.15, 0.2) is 0 Å². The number of carbonyl (C=O) groups is 5. The lowest BCUT2D eigenvalue weighted by Gasteiger charge is -2.36. The van der Waals surface area contributed by atoms with E-state index < -0.39 is 29.3 Å². The number of hydrogen-bond acceptors (Lipinski definition) is 9. The largest absolute Gasteiger partial charge is 0.371 e. The number of likely N-dealkylation sites (tertiary alicyclic amines) is 1. The van der Waals surface area contributed by atoms with E-state index in [0.717, 1.165) is 78.8 Å². The maximum absolute atomic E-state index is 13.7. The standard InChI is InChI=1S/C43H44N8O5/c1-43(2,42(56)46-36-10-7-26(20-44)32-5-3-4-6-33(32)36)50-24-29(21-45-50)25-13-15-48(16-14-25)31-17-27-22-49(23-28(27)18-31)30-8-9-34-35(19-30)41(55)51(40(34)54)37-11-12-38(52)47-39(37)53/h3-10,19,21,24-25,27-28,31,37H,11-18,22-23H2,1-2H3,(H,46,56)(H,47,52,53)/t27-,28+,31?,37?. The first-order chi connectivity index (χ1) is 27.0. The van der Waals surface area contributed by atoms with Crippen molar-refractivity contribution in [3.8, 4) is 6.07 Å². The van der Waals surface area contributed by atoms with Crippen LogP contribution in [-0.2, 0) is 19.9 Å². The number of aromatic nitrogens is 2. The molecule has 0 bridgehead atoms. The van der Waals surface area contributed by atoms with E-state index in [0.29, 0.717) is 46.2 Å². The smallest absolute Gasteiger partial charge is 0.262 e. The summed E-state index contributed by atoms with van der Waals surface area (Å²) in [5.41, 5.74) is 3.00. The summed E-state index contributed by atoms with van der Waals surface area (Å²) < 4.78 is 1.77. The number of nitriles is 1. The fourth-order valence-corrected chi connectivity index (χ4v) is 9.77. The Bertz CT molecular complexity index is 2340. The average molecular weight is 753 g/mol. The van der Waals surface area contributed by atoms with Gasteiger partial charge in [-0.2, -0.15) is 10.4 Å². The van der Waals surface area contributed by atoms with Gasteiger partial charge in [-0.1, -0.05) is 24.3 Å². The molecule has 4 atom stereocenters. The Morgan fingerprint density at radius 2 is 1.62 bits per heavy atom. The van der Waals surface area contributed by atoms with Crippen molar-refractivity contribution in [2.24, 2.45) is 11.8 Å². The summed E-state index contributed by atoms with van der Waals surface area (Å²) in [5, 5.41) is 21.2. The van der Waals surface area contributed by atoms with Crippen molar-refractivity contribution >= 4 is 51.7 Å². The highest BCUT2D eigenvalue weighted by atomic mass is 16.2. The topological polar surface area (TPSA) is 161 Å². The fraction of sp³-hybridized carbons (Fsp3) is 0.419. The van der Waals surface area contributed by atoms with Crippen LogP contribution in [0.25, 0.3) is 10.8 Å². The zero-order valence-electron chi connectivity index (χ0n) is 31.5. The van der Waals surface area contributed by atoms with Gasteiger partial charge in [0.05, 0.1) is 29.0 Å². The molecule has 1 aromatic heterocycles. The maximum Gasteiger partial charge on any atom is 0.262 e. The van der Waals surface area contributed by atoms with Crippen LogP contribution >= 0.6 is 0 Å². The predicted octanol–water partition coefficient (Wildman–Crippen LogP) is 4.78. The summed E-state index contributed by atoms with van der Waals surface area (Å²) in [4.78, 5) is 70.4. The zero-order chi connectivity index (χ0) is 38.9. The third-order valence-electron chi connectivity index (χ3n) is 13.1. The molecule has 0 radical (unpaired) electrons. The second-order valence-corrected chi connectivity index (χ2v) is 16.6. The third-order valence-corrected chi connectivity index (χ3v) is 13.1. The molecule has 13 nitrogen and oxygen atoms in total. The van der Waals surface area contributed by atoms with Crippen molar-refractivity contribution in [2.45, 2.75) is 75.9 Å². The van der Waals surface area contributed by atoms with Crippen LogP contribution in [-0.4, -0.2) is 87.4 Å². The SMILES string of the molecule is CC(C)(C(=O)Nc1ccc(C#N)c2ccccc12)n1cc(C2CCN(C3C[C@@H]4CN(c5ccc6c(c5)C(=O)N(C5CCC(=O)NC5=O)C6=O)C[C@@H]4C3)CC2)cn1. The first kappa shape index (κ1) is 35.8. The molecule has 1 aliphatic carbocycles. The highest BCUT2D eigenvalue weighted by molar-refractivity contribution is 6.23. The lowest BCUT2D eigenvalue weighted by Crippen LogP contribution is -2.54. The van der Waals surface area contributed by atoms with Gasteiger partial charge in [0, 0.05) is 53.9 Å². The van der Waals surface area contributed by atoms with E-state index in [2.05, 4.69) is 31.6 Å². The highest BCUT2D eigenvalue weighted by Gasteiger charge is 2.47. The van der Waals surface area contributed by atoms with E-state index in [-0.39, 0.29) is 24.7 Å².